The lowest BCUT2D eigenvalue weighted by Crippen LogP contribution is -2.52. The molecule has 0 saturated carbocycles. The number of nitrogens with two attached hydrogens (primary N) is 1. The van der Waals surface area contributed by atoms with Gasteiger partial charge in [0.2, 0.25) is 5.91 Å². The summed E-state index contributed by atoms with van der Waals surface area (Å²) in [6.45, 7) is 6.74. The van der Waals surface area contributed by atoms with Gasteiger partial charge in [-0.25, -0.2) is 19.9 Å². The molecule has 1 amide bonds. The second-order valence-corrected chi connectivity index (χ2v) is 9.21. The number of hydrogen-bond donors (Lipinski definition) is 3. The third-order valence-electron chi connectivity index (χ3n) is 6.62. The van der Waals surface area contributed by atoms with Crippen molar-refractivity contribution in [1.29, 1.82) is 0 Å². The van der Waals surface area contributed by atoms with Crippen molar-refractivity contribution < 1.29 is 9.90 Å². The van der Waals surface area contributed by atoms with Crippen LogP contribution in [0.25, 0.3) is 22.2 Å². The Kier molecular flexibility index (Phi) is 5.04. The Labute approximate surface area is 190 Å². The minimum absolute atomic E-state index is 0.0300. The van der Waals surface area contributed by atoms with Crippen LogP contribution in [-0.2, 0) is 11.2 Å². The van der Waals surface area contributed by atoms with Crippen LogP contribution in [0.15, 0.2) is 24.8 Å². The molecule has 3 aromatic heterocycles. The molecule has 0 aliphatic carbocycles. The summed E-state index contributed by atoms with van der Waals surface area (Å²) in [5, 5.41) is 11.1. The van der Waals surface area contributed by atoms with Crippen LogP contribution in [0.2, 0.25) is 0 Å². The van der Waals surface area contributed by atoms with E-state index in [1.54, 1.807) is 22.7 Å². The number of anilines is 1. The maximum absolute atomic E-state index is 13.1. The number of aliphatic hydroxyl groups is 1. The van der Waals surface area contributed by atoms with Gasteiger partial charge in [-0.2, -0.15) is 0 Å². The summed E-state index contributed by atoms with van der Waals surface area (Å²) in [7, 11) is 0. The molecule has 0 bridgehead atoms. The van der Waals surface area contributed by atoms with Crippen molar-refractivity contribution in [3.63, 3.8) is 0 Å². The molecule has 1 fully saturated rings. The molecule has 5 rings (SSSR count). The maximum atomic E-state index is 13.1. The molecular weight excluding hydrogens is 420 g/mol. The van der Waals surface area contributed by atoms with E-state index in [2.05, 4.69) is 44.0 Å². The minimum atomic E-state index is -1.02. The van der Waals surface area contributed by atoms with Crippen LogP contribution in [0.3, 0.4) is 0 Å². The Morgan fingerprint density at radius 3 is 2.91 bits per heavy atom. The SMILES string of the molecule is Cc1cc(C)c2nc(CCC(=O)N3CC[C@@](C)(O)[C@H](n4cnc5c(N)ncnc54)C3)[nH]c2c1. The van der Waals surface area contributed by atoms with Crippen LogP contribution in [0.1, 0.15) is 42.8 Å². The molecule has 172 valence electrons. The summed E-state index contributed by atoms with van der Waals surface area (Å²) >= 11 is 0. The first-order valence-electron chi connectivity index (χ1n) is 11.1. The zero-order valence-electron chi connectivity index (χ0n) is 19.0. The van der Waals surface area contributed by atoms with Crippen molar-refractivity contribution in [2.45, 2.75) is 51.7 Å². The van der Waals surface area contributed by atoms with Crippen LogP contribution < -0.4 is 5.73 Å². The fraction of sp³-hybridized carbons (Fsp3) is 0.435. The number of likely N-dealkylation sites (tertiary alicyclic amines) is 1. The van der Waals surface area contributed by atoms with Crippen LogP contribution in [-0.4, -0.2) is 64.1 Å². The minimum Gasteiger partial charge on any atom is -0.388 e. The number of aromatic amines is 1. The zero-order chi connectivity index (χ0) is 23.3. The number of aryl methyl sites for hydroxylation is 3. The van der Waals surface area contributed by atoms with Crippen molar-refractivity contribution >= 4 is 33.9 Å². The van der Waals surface area contributed by atoms with Crippen LogP contribution in [0.5, 0.6) is 0 Å². The predicted molar refractivity (Wildman–Crippen MR) is 124 cm³/mol. The molecule has 2 atom stereocenters. The first-order chi connectivity index (χ1) is 15.7. The summed E-state index contributed by atoms with van der Waals surface area (Å²) in [5.41, 5.74) is 10.2. The average molecular weight is 449 g/mol. The van der Waals surface area contributed by atoms with Crippen molar-refractivity contribution in [2.75, 3.05) is 18.8 Å². The monoisotopic (exact) mass is 448 g/mol. The maximum Gasteiger partial charge on any atom is 0.223 e. The Hall–Kier alpha value is -3.53. The predicted octanol–water partition coefficient (Wildman–Crippen LogP) is 2.06. The lowest BCUT2D eigenvalue weighted by atomic mass is 9.88. The molecule has 1 aliphatic heterocycles. The van der Waals surface area contributed by atoms with Gasteiger partial charge in [0.05, 0.1) is 29.0 Å². The quantitative estimate of drug-likeness (QED) is 0.434. The highest BCUT2D eigenvalue weighted by Gasteiger charge is 2.41. The van der Waals surface area contributed by atoms with E-state index in [4.69, 9.17) is 5.73 Å². The topological polar surface area (TPSA) is 139 Å². The number of nitrogen functional groups attached to an aromatic ring is 1. The molecule has 0 spiro atoms. The number of carbonyl (C=O) groups excluding carboxylic acids is 1. The molecule has 1 aromatic carbocycles. The molecule has 10 nitrogen and oxygen atoms in total. The number of fused-ring (bicyclic) bond motifs is 2. The number of carbonyl (C=O) groups is 1. The molecule has 1 saturated heterocycles. The van der Waals surface area contributed by atoms with E-state index < -0.39 is 11.6 Å². The fourth-order valence-corrected chi connectivity index (χ4v) is 4.76. The first kappa shape index (κ1) is 21.3. The van der Waals surface area contributed by atoms with E-state index in [0.29, 0.717) is 49.3 Å². The van der Waals surface area contributed by atoms with Gasteiger partial charge in [0, 0.05) is 25.9 Å². The molecular formula is C23H28N8O2. The van der Waals surface area contributed by atoms with Gasteiger partial charge in [-0.05, 0) is 44.4 Å². The van der Waals surface area contributed by atoms with Crippen LogP contribution >= 0.6 is 0 Å². The standard InChI is InChI=1S/C23H28N8O2/c1-13-8-14(2)19-15(9-13)28-17(29-19)4-5-18(32)30-7-6-23(3,33)16(10-30)31-12-27-20-21(24)25-11-26-22(20)31/h8-9,11-12,16,33H,4-7,10H2,1-3H3,(H,28,29)(H2,24,25,26)/t16-,23-/m1/s1. The summed E-state index contributed by atoms with van der Waals surface area (Å²) < 4.78 is 1.80. The largest absolute Gasteiger partial charge is 0.388 e. The van der Waals surface area contributed by atoms with Crippen LogP contribution in [0, 0.1) is 13.8 Å². The number of aromatic nitrogens is 6. The van der Waals surface area contributed by atoms with Crippen molar-refractivity contribution in [2.24, 2.45) is 0 Å². The first-order valence-corrected chi connectivity index (χ1v) is 11.1. The molecule has 33 heavy (non-hydrogen) atoms. The molecule has 4 N–H and O–H groups in total. The Morgan fingerprint density at radius 1 is 1.27 bits per heavy atom. The summed E-state index contributed by atoms with van der Waals surface area (Å²) in [5.74, 6) is 1.13. The van der Waals surface area contributed by atoms with E-state index in [1.165, 1.54) is 11.9 Å². The molecule has 4 heterocycles. The van der Waals surface area contributed by atoms with E-state index in [0.717, 1.165) is 22.4 Å². The summed E-state index contributed by atoms with van der Waals surface area (Å²) in [6, 6.07) is 3.78. The average Bonchev–Trinajstić information content (AvgIpc) is 3.37. The summed E-state index contributed by atoms with van der Waals surface area (Å²) in [6.07, 6.45) is 4.31. The van der Waals surface area contributed by atoms with Gasteiger partial charge in [-0.1, -0.05) is 6.07 Å². The van der Waals surface area contributed by atoms with Gasteiger partial charge in [-0.15, -0.1) is 0 Å². The smallest absolute Gasteiger partial charge is 0.223 e. The third kappa shape index (κ3) is 3.80. The molecule has 0 unspecified atom stereocenters. The summed E-state index contributed by atoms with van der Waals surface area (Å²) in [4.78, 5) is 35.5. The molecule has 0 radical (unpaired) electrons. The van der Waals surface area contributed by atoms with Crippen molar-refractivity contribution in [1.82, 2.24) is 34.4 Å². The number of rotatable bonds is 4. The molecule has 10 heteroatoms. The number of imidazole rings is 2. The van der Waals surface area contributed by atoms with Crippen molar-refractivity contribution in [3.8, 4) is 0 Å². The van der Waals surface area contributed by atoms with Gasteiger partial charge >= 0.3 is 0 Å². The highest BCUT2D eigenvalue weighted by molar-refractivity contribution is 5.82. The van der Waals surface area contributed by atoms with Crippen molar-refractivity contribution in [3.05, 3.63) is 41.7 Å². The second kappa shape index (κ2) is 7.80. The van der Waals surface area contributed by atoms with E-state index in [9.17, 15) is 9.90 Å². The Morgan fingerprint density at radius 2 is 2.09 bits per heavy atom. The number of nitrogens with zero attached hydrogens (tertiary/aromatic N) is 6. The highest BCUT2D eigenvalue weighted by Crippen LogP contribution is 2.34. The fourth-order valence-electron chi connectivity index (χ4n) is 4.76. The number of hydrogen-bond acceptors (Lipinski definition) is 7. The molecule has 4 aromatic rings. The Balaban J connectivity index is 1.33. The van der Waals surface area contributed by atoms with Crippen LogP contribution in [0.4, 0.5) is 5.82 Å². The van der Waals surface area contributed by atoms with E-state index in [1.807, 2.05) is 6.92 Å². The number of amides is 1. The van der Waals surface area contributed by atoms with E-state index >= 15 is 0 Å². The molecule has 1 aliphatic rings. The lowest BCUT2D eigenvalue weighted by molar-refractivity contribution is -0.137. The van der Waals surface area contributed by atoms with Gasteiger partial charge in [0.25, 0.3) is 0 Å². The van der Waals surface area contributed by atoms with E-state index in [-0.39, 0.29) is 5.91 Å². The number of nitrogens with one attached hydrogen (secondary N) is 1. The lowest BCUT2D eigenvalue weighted by Gasteiger charge is -2.43. The number of H-pyrrole nitrogens is 1. The van der Waals surface area contributed by atoms with Gasteiger partial charge in [0.15, 0.2) is 11.5 Å². The highest BCUT2D eigenvalue weighted by atomic mass is 16.3. The van der Waals surface area contributed by atoms with Gasteiger partial charge in [-0.3, -0.25) is 4.79 Å². The third-order valence-corrected chi connectivity index (χ3v) is 6.62. The normalized spacial score (nSPS) is 21.2. The zero-order valence-corrected chi connectivity index (χ0v) is 19.0. The van der Waals surface area contributed by atoms with Gasteiger partial charge < -0.3 is 25.3 Å². The second-order valence-electron chi connectivity index (χ2n) is 9.21. The number of benzene rings is 1. The Bertz CT molecular complexity index is 1360. The number of piperidine rings is 1. The van der Waals surface area contributed by atoms with Gasteiger partial charge in [0.1, 0.15) is 17.7 Å².